The molecular formula is C17H26N2O10. The highest BCUT2D eigenvalue weighted by Crippen LogP contribution is 2.05. The third-order valence-electron chi connectivity index (χ3n) is 3.53. The molecule has 164 valence electrons. The topological polar surface area (TPSA) is 185 Å². The number of hydrogen-bond acceptors (Lipinski definition) is 8. The van der Waals surface area contributed by atoms with Gasteiger partial charge in [0, 0.05) is 19.3 Å². The summed E-state index contributed by atoms with van der Waals surface area (Å²) in [6.07, 6.45) is 0.678. The van der Waals surface area contributed by atoms with Gasteiger partial charge in [0.15, 0.2) is 0 Å². The van der Waals surface area contributed by atoms with Crippen LogP contribution in [-0.4, -0.2) is 71.7 Å². The Morgan fingerprint density at radius 3 is 1.86 bits per heavy atom. The van der Waals surface area contributed by atoms with Gasteiger partial charge in [-0.25, -0.2) is 0 Å². The highest BCUT2D eigenvalue weighted by atomic mass is 16.5. The fourth-order valence-corrected chi connectivity index (χ4v) is 2.10. The van der Waals surface area contributed by atoms with Gasteiger partial charge in [0.25, 0.3) is 6.47 Å². The Bertz CT molecular complexity index is 593. The number of aliphatic carboxylic acids is 2. The van der Waals surface area contributed by atoms with Crippen molar-refractivity contribution in [1.29, 1.82) is 0 Å². The summed E-state index contributed by atoms with van der Waals surface area (Å²) in [4.78, 5) is 64.7. The fourth-order valence-electron chi connectivity index (χ4n) is 2.10. The van der Waals surface area contributed by atoms with Crippen LogP contribution in [-0.2, 0) is 38.2 Å². The lowest BCUT2D eigenvalue weighted by Crippen LogP contribution is -2.62. The van der Waals surface area contributed by atoms with Gasteiger partial charge in [0.05, 0.1) is 26.1 Å². The lowest BCUT2D eigenvalue weighted by molar-refractivity contribution is -0.148. The second kappa shape index (κ2) is 14.8. The molecule has 0 bridgehead atoms. The summed E-state index contributed by atoms with van der Waals surface area (Å²) in [5.74, 6) is -3.34. The predicted octanol–water partition coefficient (Wildman–Crippen LogP) is -0.798. The Balaban J connectivity index is 0.00000113. The van der Waals surface area contributed by atoms with E-state index in [4.69, 9.17) is 14.9 Å². The number of carbonyl (C=O) groups excluding carboxylic acids is 4. The van der Waals surface area contributed by atoms with Gasteiger partial charge in [-0.05, 0) is 6.42 Å². The van der Waals surface area contributed by atoms with Crippen LogP contribution >= 0.6 is 0 Å². The van der Waals surface area contributed by atoms with Gasteiger partial charge in [0.1, 0.15) is 12.1 Å². The van der Waals surface area contributed by atoms with Gasteiger partial charge in [-0.3, -0.25) is 28.8 Å². The summed E-state index contributed by atoms with van der Waals surface area (Å²) in [5.41, 5.74) is 0. The highest BCUT2D eigenvalue weighted by molar-refractivity contribution is 5.96. The van der Waals surface area contributed by atoms with E-state index in [1.807, 2.05) is 6.92 Å². The summed E-state index contributed by atoms with van der Waals surface area (Å²) < 4.78 is 9.26. The molecule has 2 amide bonds. The van der Waals surface area contributed by atoms with E-state index >= 15 is 0 Å². The largest absolute Gasteiger partial charge is 0.481 e. The van der Waals surface area contributed by atoms with Crippen LogP contribution in [0.4, 0.5) is 0 Å². The number of carboxylic acid groups (broad SMARTS) is 2. The Kier molecular flexibility index (Phi) is 13.2. The molecule has 0 radical (unpaired) electrons. The van der Waals surface area contributed by atoms with Crippen molar-refractivity contribution >= 4 is 36.2 Å². The molecule has 1 saturated heterocycles. The molecule has 1 aliphatic rings. The zero-order valence-electron chi connectivity index (χ0n) is 16.0. The predicted molar refractivity (Wildman–Crippen MR) is 95.5 cm³/mol. The Hall–Kier alpha value is -3.18. The zero-order valence-corrected chi connectivity index (χ0v) is 16.0. The van der Waals surface area contributed by atoms with Crippen LogP contribution in [0.1, 0.15) is 45.4 Å². The van der Waals surface area contributed by atoms with Gasteiger partial charge < -0.3 is 30.3 Å². The maximum Gasteiger partial charge on any atom is 0.306 e. The smallest absolute Gasteiger partial charge is 0.306 e. The van der Waals surface area contributed by atoms with Crippen molar-refractivity contribution in [2.45, 2.75) is 57.5 Å². The molecule has 29 heavy (non-hydrogen) atoms. The van der Waals surface area contributed by atoms with E-state index in [9.17, 15) is 28.8 Å². The van der Waals surface area contributed by atoms with Gasteiger partial charge >= 0.3 is 17.9 Å². The summed E-state index contributed by atoms with van der Waals surface area (Å²) >= 11 is 0. The molecule has 0 spiro atoms. The molecule has 12 heteroatoms. The molecule has 0 unspecified atom stereocenters. The molecule has 1 aliphatic heterocycles. The minimum Gasteiger partial charge on any atom is -0.481 e. The maximum absolute atomic E-state index is 11.8. The number of hydrogen-bond donors (Lipinski definition) is 4. The summed E-state index contributed by atoms with van der Waals surface area (Å²) in [6.45, 7) is 1.99. The molecule has 12 nitrogen and oxygen atoms in total. The molecule has 2 atom stereocenters. The van der Waals surface area contributed by atoms with E-state index in [-0.39, 0.29) is 45.4 Å². The second-order valence-corrected chi connectivity index (χ2v) is 5.92. The van der Waals surface area contributed by atoms with Crippen molar-refractivity contribution in [1.82, 2.24) is 10.6 Å². The standard InChI is InChI=1S/C13H18N2O8.C4H8O2/c16-7-22-5-3-8-12(20)15-9(13(21)14-8)4-6-23-11(19)2-1-10(17)18;1-2-3-4(5)6/h7-9H,1-6H2,(H,14,21)(H,15,20)(H,17,18);2-3H2,1H3,(H,5,6)/t8-,9-;/m1./s1. The van der Waals surface area contributed by atoms with Crippen molar-refractivity contribution in [3.8, 4) is 0 Å². The lowest BCUT2D eigenvalue weighted by atomic mass is 10.1. The normalized spacial score (nSPS) is 17.7. The van der Waals surface area contributed by atoms with E-state index in [0.29, 0.717) is 6.42 Å². The monoisotopic (exact) mass is 418 g/mol. The van der Waals surface area contributed by atoms with E-state index in [2.05, 4.69) is 15.4 Å². The summed E-state index contributed by atoms with van der Waals surface area (Å²) in [7, 11) is 0. The third kappa shape index (κ3) is 12.8. The first-order chi connectivity index (χ1) is 13.7. The quantitative estimate of drug-likeness (QED) is 0.178. The van der Waals surface area contributed by atoms with E-state index in [0.717, 1.165) is 6.42 Å². The van der Waals surface area contributed by atoms with Crippen molar-refractivity contribution in [3.63, 3.8) is 0 Å². The maximum atomic E-state index is 11.8. The Labute approximate surface area is 166 Å². The first-order valence-electron chi connectivity index (χ1n) is 8.96. The first kappa shape index (κ1) is 25.8. The number of esters is 1. The third-order valence-corrected chi connectivity index (χ3v) is 3.53. The van der Waals surface area contributed by atoms with Gasteiger partial charge in [-0.1, -0.05) is 6.92 Å². The Morgan fingerprint density at radius 2 is 1.45 bits per heavy atom. The van der Waals surface area contributed by atoms with Crippen LogP contribution in [0.25, 0.3) is 0 Å². The number of carboxylic acids is 2. The molecule has 0 aromatic heterocycles. The summed E-state index contributed by atoms with van der Waals surface area (Å²) in [6, 6.07) is -1.62. The molecule has 1 fully saturated rings. The Morgan fingerprint density at radius 1 is 0.931 bits per heavy atom. The minimum atomic E-state index is -1.11. The van der Waals surface area contributed by atoms with Crippen LogP contribution in [0.5, 0.6) is 0 Å². The van der Waals surface area contributed by atoms with Crippen LogP contribution < -0.4 is 10.6 Å². The zero-order chi connectivity index (χ0) is 22.2. The number of piperazine rings is 1. The lowest BCUT2D eigenvalue weighted by Gasteiger charge is -2.29. The van der Waals surface area contributed by atoms with Crippen molar-refractivity contribution < 1.29 is 48.5 Å². The SMILES string of the molecule is CCCC(=O)O.O=COCC[C@H]1NC(=O)[C@@H](CCOC(=O)CCC(=O)O)NC1=O. The van der Waals surface area contributed by atoms with Crippen LogP contribution in [0, 0.1) is 0 Å². The molecule has 1 heterocycles. The molecule has 0 saturated carbocycles. The van der Waals surface area contributed by atoms with E-state index in [1.165, 1.54) is 0 Å². The minimum absolute atomic E-state index is 0.00766. The number of rotatable bonds is 12. The van der Waals surface area contributed by atoms with E-state index in [1.54, 1.807) is 0 Å². The van der Waals surface area contributed by atoms with Gasteiger partial charge in [-0.2, -0.15) is 0 Å². The summed E-state index contributed by atoms with van der Waals surface area (Å²) in [5, 5.41) is 21.3. The molecule has 0 aromatic carbocycles. The van der Waals surface area contributed by atoms with Crippen molar-refractivity contribution in [2.24, 2.45) is 0 Å². The number of nitrogens with one attached hydrogen (secondary N) is 2. The number of carbonyl (C=O) groups is 6. The number of amides is 2. The average Bonchev–Trinajstić information content (AvgIpc) is 2.64. The molecular weight excluding hydrogens is 392 g/mol. The van der Waals surface area contributed by atoms with Crippen LogP contribution in [0.15, 0.2) is 0 Å². The molecule has 4 N–H and O–H groups in total. The average molecular weight is 418 g/mol. The molecule has 0 aliphatic carbocycles. The fraction of sp³-hybridized carbons (Fsp3) is 0.647. The van der Waals surface area contributed by atoms with E-state index < -0.39 is 41.8 Å². The second-order valence-electron chi connectivity index (χ2n) is 5.92. The van der Waals surface area contributed by atoms with Crippen molar-refractivity contribution in [2.75, 3.05) is 13.2 Å². The highest BCUT2D eigenvalue weighted by Gasteiger charge is 2.33. The molecule has 0 aromatic rings. The number of ether oxygens (including phenoxy) is 2. The van der Waals surface area contributed by atoms with Crippen LogP contribution in [0.3, 0.4) is 0 Å². The van der Waals surface area contributed by atoms with Gasteiger partial charge in [-0.15, -0.1) is 0 Å². The van der Waals surface area contributed by atoms with Crippen LogP contribution in [0.2, 0.25) is 0 Å². The van der Waals surface area contributed by atoms with Crippen molar-refractivity contribution in [3.05, 3.63) is 0 Å². The first-order valence-corrected chi connectivity index (χ1v) is 8.96. The van der Waals surface area contributed by atoms with Gasteiger partial charge in [0.2, 0.25) is 11.8 Å². The molecule has 1 rings (SSSR count).